The summed E-state index contributed by atoms with van der Waals surface area (Å²) in [5, 5.41) is 17.9. The number of hydrogen-bond donors (Lipinski definition) is 2. The Hall–Kier alpha value is -2.27. The van der Waals surface area contributed by atoms with Gasteiger partial charge in [0.2, 0.25) is 10.2 Å². The Balaban J connectivity index is 2.19. The van der Waals surface area contributed by atoms with Crippen LogP contribution in [0.25, 0.3) is 0 Å². The first-order valence-electron chi connectivity index (χ1n) is 5.42. The van der Waals surface area contributed by atoms with Gasteiger partial charge in [0.15, 0.2) is 0 Å². The van der Waals surface area contributed by atoms with Gasteiger partial charge in [-0.05, 0) is 36.0 Å². The molecule has 2 N–H and O–H groups in total. The first-order chi connectivity index (χ1) is 9.09. The molecule has 0 bridgehead atoms. The van der Waals surface area contributed by atoms with Crippen molar-refractivity contribution in [2.24, 2.45) is 0 Å². The minimum absolute atomic E-state index is 0.0660. The van der Waals surface area contributed by atoms with Crippen LogP contribution in [0.15, 0.2) is 48.5 Å². The maximum Gasteiger partial charge on any atom is 0.230 e. The highest BCUT2D eigenvalue weighted by atomic mass is 32.2. The third kappa shape index (κ3) is 2.95. The molecule has 4 nitrogen and oxygen atoms in total. The van der Waals surface area contributed by atoms with Crippen molar-refractivity contribution in [3.8, 4) is 11.5 Å². The molecule has 0 saturated heterocycles. The van der Waals surface area contributed by atoms with Crippen LogP contribution in [-0.2, 0) is 0 Å². The van der Waals surface area contributed by atoms with Crippen molar-refractivity contribution in [1.29, 1.82) is 0 Å². The summed E-state index contributed by atoms with van der Waals surface area (Å²) in [6.45, 7) is 0. The quantitative estimate of drug-likeness (QED) is 0.880. The lowest BCUT2D eigenvalue weighted by atomic mass is 10.2. The van der Waals surface area contributed by atoms with E-state index < -0.39 is 10.2 Å². The van der Waals surface area contributed by atoms with Gasteiger partial charge in [-0.3, -0.25) is 9.59 Å². The maximum absolute atomic E-state index is 11.9. The Morgan fingerprint density at radius 1 is 0.737 bits per heavy atom. The predicted octanol–water partition coefficient (Wildman–Crippen LogP) is 2.81. The summed E-state index contributed by atoms with van der Waals surface area (Å²) in [5.41, 5.74) is 0.132. The number of hydrogen-bond acceptors (Lipinski definition) is 5. The summed E-state index contributed by atoms with van der Waals surface area (Å²) in [6, 6.07) is 12.0. The molecule has 19 heavy (non-hydrogen) atoms. The van der Waals surface area contributed by atoms with Gasteiger partial charge in [0.25, 0.3) is 0 Å². The molecule has 0 heterocycles. The van der Waals surface area contributed by atoms with Gasteiger partial charge in [0, 0.05) is 0 Å². The number of carbonyl (C=O) groups excluding carboxylic acids is 2. The molecular formula is C14H10O4S. The van der Waals surface area contributed by atoms with Crippen LogP contribution in [-0.4, -0.2) is 20.4 Å². The maximum atomic E-state index is 11.9. The van der Waals surface area contributed by atoms with E-state index >= 15 is 0 Å². The minimum Gasteiger partial charge on any atom is -0.507 e. The van der Waals surface area contributed by atoms with Crippen molar-refractivity contribution in [3.05, 3.63) is 59.7 Å². The molecule has 0 aromatic heterocycles. The van der Waals surface area contributed by atoms with Gasteiger partial charge < -0.3 is 10.2 Å². The summed E-state index contributed by atoms with van der Waals surface area (Å²) >= 11 is 0.436. The average molecular weight is 274 g/mol. The van der Waals surface area contributed by atoms with Crippen molar-refractivity contribution < 1.29 is 19.8 Å². The van der Waals surface area contributed by atoms with Gasteiger partial charge in [-0.2, -0.15) is 0 Å². The zero-order chi connectivity index (χ0) is 13.8. The third-order valence-corrected chi connectivity index (χ3v) is 3.24. The largest absolute Gasteiger partial charge is 0.507 e. The van der Waals surface area contributed by atoms with Crippen LogP contribution in [0.4, 0.5) is 0 Å². The first kappa shape index (κ1) is 13.2. The molecule has 0 radical (unpaired) electrons. The average Bonchev–Trinajstić information content (AvgIpc) is 2.39. The highest BCUT2D eigenvalue weighted by Gasteiger charge is 2.19. The fourth-order valence-corrected chi connectivity index (χ4v) is 2.22. The first-order valence-corrected chi connectivity index (χ1v) is 6.23. The van der Waals surface area contributed by atoms with Gasteiger partial charge in [-0.1, -0.05) is 24.3 Å². The van der Waals surface area contributed by atoms with E-state index in [0.717, 1.165) is 0 Å². The Morgan fingerprint density at radius 3 is 1.47 bits per heavy atom. The molecule has 2 aromatic carbocycles. The fraction of sp³-hybridized carbons (Fsp3) is 0. The van der Waals surface area contributed by atoms with E-state index in [1.54, 1.807) is 24.3 Å². The van der Waals surface area contributed by atoms with E-state index in [0.29, 0.717) is 11.8 Å². The van der Waals surface area contributed by atoms with E-state index in [1.807, 2.05) is 0 Å². The molecule has 0 aliphatic carbocycles. The second-order valence-electron chi connectivity index (χ2n) is 3.71. The van der Waals surface area contributed by atoms with Gasteiger partial charge in [-0.25, -0.2) is 0 Å². The molecule has 0 amide bonds. The molecule has 0 atom stereocenters. The molecule has 0 aliphatic heterocycles. The van der Waals surface area contributed by atoms with E-state index in [4.69, 9.17) is 0 Å². The number of benzene rings is 2. The normalized spacial score (nSPS) is 10.1. The van der Waals surface area contributed by atoms with Crippen LogP contribution >= 0.6 is 11.8 Å². The molecule has 0 unspecified atom stereocenters. The molecule has 0 aliphatic rings. The van der Waals surface area contributed by atoms with Crippen molar-refractivity contribution in [3.63, 3.8) is 0 Å². The van der Waals surface area contributed by atoms with E-state index in [2.05, 4.69) is 0 Å². The molecule has 2 aromatic rings. The van der Waals surface area contributed by atoms with Gasteiger partial charge in [-0.15, -0.1) is 0 Å². The number of carbonyl (C=O) groups is 2. The molecule has 0 saturated carbocycles. The summed E-state index contributed by atoms with van der Waals surface area (Å²) in [6.07, 6.45) is 0. The van der Waals surface area contributed by atoms with Crippen molar-refractivity contribution >= 4 is 22.0 Å². The lowest BCUT2D eigenvalue weighted by Gasteiger charge is -2.03. The van der Waals surface area contributed by atoms with E-state index in [-0.39, 0.29) is 22.6 Å². The summed E-state index contributed by atoms with van der Waals surface area (Å²) in [7, 11) is 0. The van der Waals surface area contributed by atoms with Crippen molar-refractivity contribution in [2.75, 3.05) is 0 Å². The molecule has 0 spiro atoms. The molecule has 5 heteroatoms. The van der Waals surface area contributed by atoms with Gasteiger partial charge in [0.1, 0.15) is 11.5 Å². The topological polar surface area (TPSA) is 74.6 Å². The summed E-state index contributed by atoms with van der Waals surface area (Å²) in [4.78, 5) is 23.7. The van der Waals surface area contributed by atoms with E-state index in [1.165, 1.54) is 24.3 Å². The van der Waals surface area contributed by atoms with Gasteiger partial charge >= 0.3 is 0 Å². The lowest BCUT2D eigenvalue weighted by molar-refractivity contribution is 0.106. The number of rotatable bonds is 2. The monoisotopic (exact) mass is 274 g/mol. The highest BCUT2D eigenvalue weighted by Crippen LogP contribution is 2.27. The number of phenolic OH excluding ortho intramolecular Hbond substituents is 2. The standard InChI is InChI=1S/C14H10O4S/c15-11-7-3-1-5-9(11)13(17)19-14(18)10-6-2-4-8-12(10)16/h1-8,15-16H. The number of thioether (sulfide) groups is 1. The fourth-order valence-electron chi connectivity index (χ4n) is 1.49. The minimum atomic E-state index is -0.564. The Bertz CT molecular complexity index is 581. The Kier molecular flexibility index (Phi) is 3.87. The number of aromatic hydroxyl groups is 2. The van der Waals surface area contributed by atoms with Crippen LogP contribution in [0, 0.1) is 0 Å². The van der Waals surface area contributed by atoms with Crippen LogP contribution < -0.4 is 0 Å². The Labute approximate surface area is 113 Å². The zero-order valence-electron chi connectivity index (χ0n) is 9.74. The second kappa shape index (κ2) is 5.58. The third-order valence-electron chi connectivity index (χ3n) is 2.43. The van der Waals surface area contributed by atoms with E-state index in [9.17, 15) is 19.8 Å². The lowest BCUT2D eigenvalue weighted by Crippen LogP contribution is -2.01. The molecule has 0 fully saturated rings. The smallest absolute Gasteiger partial charge is 0.230 e. The molecular weight excluding hydrogens is 264 g/mol. The van der Waals surface area contributed by atoms with Crippen LogP contribution in [0.3, 0.4) is 0 Å². The molecule has 96 valence electrons. The number of phenols is 2. The van der Waals surface area contributed by atoms with Crippen LogP contribution in [0.2, 0.25) is 0 Å². The predicted molar refractivity (Wildman–Crippen MR) is 72.5 cm³/mol. The second-order valence-corrected chi connectivity index (χ2v) is 4.66. The van der Waals surface area contributed by atoms with Crippen LogP contribution in [0.5, 0.6) is 11.5 Å². The summed E-state index contributed by atoms with van der Waals surface area (Å²) in [5.74, 6) is -0.352. The summed E-state index contributed by atoms with van der Waals surface area (Å²) < 4.78 is 0. The Morgan fingerprint density at radius 2 is 1.11 bits per heavy atom. The van der Waals surface area contributed by atoms with Crippen molar-refractivity contribution in [2.45, 2.75) is 0 Å². The number of para-hydroxylation sites is 2. The SMILES string of the molecule is O=C(SC(=O)c1ccccc1O)c1ccccc1O. The zero-order valence-corrected chi connectivity index (χ0v) is 10.6. The highest BCUT2D eigenvalue weighted by molar-refractivity contribution is 8.27. The molecule has 2 rings (SSSR count). The van der Waals surface area contributed by atoms with Gasteiger partial charge in [0.05, 0.1) is 11.1 Å². The van der Waals surface area contributed by atoms with Crippen molar-refractivity contribution in [1.82, 2.24) is 0 Å². The van der Waals surface area contributed by atoms with Crippen LogP contribution in [0.1, 0.15) is 20.7 Å².